The third kappa shape index (κ3) is 4.10. The van der Waals surface area contributed by atoms with Gasteiger partial charge in [-0.2, -0.15) is 0 Å². The molecule has 0 saturated carbocycles. The first-order chi connectivity index (χ1) is 8.99. The molecule has 3 N–H and O–H groups in total. The Balaban J connectivity index is 2.68. The molecule has 0 heterocycles. The molecule has 0 aromatic heterocycles. The van der Waals surface area contributed by atoms with Crippen molar-refractivity contribution in [2.24, 2.45) is 11.7 Å². The van der Waals surface area contributed by atoms with Gasteiger partial charge in [-0.1, -0.05) is 18.3 Å². The quantitative estimate of drug-likeness (QED) is 0.768. The van der Waals surface area contributed by atoms with E-state index in [1.807, 2.05) is 12.1 Å². The highest BCUT2D eigenvalue weighted by Crippen LogP contribution is 2.27. The van der Waals surface area contributed by atoms with Crippen molar-refractivity contribution in [3.8, 4) is 11.5 Å². The molecule has 6 heteroatoms. The number of hydrogen-bond acceptors (Lipinski definition) is 4. The number of thiocarbonyl (C=S) groups is 1. The van der Waals surface area contributed by atoms with E-state index in [9.17, 15) is 4.79 Å². The van der Waals surface area contributed by atoms with Gasteiger partial charge in [0.25, 0.3) is 0 Å². The smallest absolute Gasteiger partial charge is 0.229 e. The zero-order chi connectivity index (χ0) is 14.4. The van der Waals surface area contributed by atoms with Crippen LogP contribution in [0.25, 0.3) is 0 Å². The van der Waals surface area contributed by atoms with E-state index in [1.165, 1.54) is 0 Å². The second-order valence-corrected chi connectivity index (χ2v) is 4.50. The summed E-state index contributed by atoms with van der Waals surface area (Å²) in [4.78, 5) is 11.9. The summed E-state index contributed by atoms with van der Waals surface area (Å²) in [5.41, 5.74) is 6.33. The topological polar surface area (TPSA) is 73.6 Å². The maximum atomic E-state index is 11.7. The van der Waals surface area contributed by atoms with Gasteiger partial charge in [0.05, 0.1) is 25.1 Å². The summed E-state index contributed by atoms with van der Waals surface area (Å²) >= 11 is 4.78. The second-order valence-electron chi connectivity index (χ2n) is 4.03. The normalized spacial score (nSPS) is 11.5. The first-order valence-corrected chi connectivity index (χ1v) is 6.18. The number of carbonyl (C=O) groups is 1. The van der Waals surface area contributed by atoms with Crippen LogP contribution in [0.5, 0.6) is 11.5 Å². The number of methoxy groups -OCH3 is 2. The molecule has 1 aromatic carbocycles. The molecule has 1 aromatic rings. The van der Waals surface area contributed by atoms with E-state index in [1.54, 1.807) is 27.2 Å². The van der Waals surface area contributed by atoms with Crippen molar-refractivity contribution in [2.75, 3.05) is 14.2 Å². The fourth-order valence-electron chi connectivity index (χ4n) is 1.46. The van der Waals surface area contributed by atoms with Crippen LogP contribution < -0.4 is 20.5 Å². The van der Waals surface area contributed by atoms with E-state index in [0.717, 1.165) is 5.56 Å². The van der Waals surface area contributed by atoms with Crippen LogP contribution in [0, 0.1) is 5.92 Å². The van der Waals surface area contributed by atoms with E-state index in [0.29, 0.717) is 18.0 Å². The summed E-state index contributed by atoms with van der Waals surface area (Å²) in [5, 5.41) is 2.77. The van der Waals surface area contributed by atoms with E-state index in [2.05, 4.69) is 5.32 Å². The Labute approximate surface area is 118 Å². The van der Waals surface area contributed by atoms with Crippen molar-refractivity contribution in [1.29, 1.82) is 0 Å². The van der Waals surface area contributed by atoms with Gasteiger partial charge < -0.3 is 20.5 Å². The van der Waals surface area contributed by atoms with Gasteiger partial charge in [-0.25, -0.2) is 0 Å². The molecule has 19 heavy (non-hydrogen) atoms. The summed E-state index contributed by atoms with van der Waals surface area (Å²) in [5.74, 6) is 0.600. The SMILES string of the molecule is COc1ccc(CNC(=O)C(C)C(N)=S)cc1OC. The predicted molar refractivity (Wildman–Crippen MR) is 77.3 cm³/mol. The lowest BCUT2D eigenvalue weighted by Gasteiger charge is -2.12. The number of ether oxygens (including phenoxy) is 2. The van der Waals surface area contributed by atoms with Gasteiger partial charge in [0.1, 0.15) is 0 Å². The fourth-order valence-corrected chi connectivity index (χ4v) is 1.57. The Morgan fingerprint density at radius 1 is 1.37 bits per heavy atom. The molecule has 0 aliphatic heterocycles. The van der Waals surface area contributed by atoms with E-state index in [4.69, 9.17) is 27.4 Å². The molecule has 0 aliphatic carbocycles. The highest BCUT2D eigenvalue weighted by molar-refractivity contribution is 7.80. The summed E-state index contributed by atoms with van der Waals surface area (Å²) in [6.07, 6.45) is 0. The Hall–Kier alpha value is -1.82. The Bertz CT molecular complexity index is 477. The number of nitrogens with two attached hydrogens (primary N) is 1. The Kier molecular flexibility index (Phi) is 5.57. The number of benzene rings is 1. The van der Waals surface area contributed by atoms with E-state index < -0.39 is 5.92 Å². The lowest BCUT2D eigenvalue weighted by atomic mass is 10.1. The minimum atomic E-state index is -0.477. The standard InChI is InChI=1S/C13H18N2O3S/c1-8(12(14)19)13(16)15-7-9-4-5-10(17-2)11(6-9)18-3/h4-6,8H,7H2,1-3H3,(H2,14,19)(H,15,16). The van der Waals surface area contributed by atoms with Gasteiger partial charge in [0.2, 0.25) is 5.91 Å². The molecule has 1 amide bonds. The molecule has 0 fully saturated rings. The van der Waals surface area contributed by atoms with Crippen molar-refractivity contribution in [1.82, 2.24) is 5.32 Å². The molecule has 0 saturated heterocycles. The fraction of sp³-hybridized carbons (Fsp3) is 0.385. The van der Waals surface area contributed by atoms with E-state index >= 15 is 0 Å². The monoisotopic (exact) mass is 282 g/mol. The molecular formula is C13H18N2O3S. The zero-order valence-electron chi connectivity index (χ0n) is 11.2. The predicted octanol–water partition coefficient (Wildman–Crippen LogP) is 1.24. The minimum Gasteiger partial charge on any atom is -0.493 e. The van der Waals surface area contributed by atoms with Crippen LogP contribution in [-0.2, 0) is 11.3 Å². The second kappa shape index (κ2) is 6.94. The maximum Gasteiger partial charge on any atom is 0.229 e. The first kappa shape index (κ1) is 15.2. The lowest BCUT2D eigenvalue weighted by Crippen LogP contribution is -2.35. The number of carbonyl (C=O) groups excluding carboxylic acids is 1. The van der Waals surface area contributed by atoms with Crippen LogP contribution >= 0.6 is 12.2 Å². The van der Waals surface area contributed by atoms with Crippen LogP contribution in [0.1, 0.15) is 12.5 Å². The zero-order valence-corrected chi connectivity index (χ0v) is 12.0. The molecule has 0 bridgehead atoms. The van der Waals surface area contributed by atoms with E-state index in [-0.39, 0.29) is 10.9 Å². The van der Waals surface area contributed by atoms with Gasteiger partial charge in [0, 0.05) is 6.54 Å². The van der Waals surface area contributed by atoms with Gasteiger partial charge in [0.15, 0.2) is 11.5 Å². The Morgan fingerprint density at radius 3 is 2.53 bits per heavy atom. The van der Waals surface area contributed by atoms with Gasteiger partial charge in [-0.05, 0) is 24.6 Å². The summed E-state index contributed by atoms with van der Waals surface area (Å²) in [6.45, 7) is 2.05. The van der Waals surface area contributed by atoms with Crippen molar-refractivity contribution >= 4 is 23.1 Å². The van der Waals surface area contributed by atoms with Crippen molar-refractivity contribution in [3.05, 3.63) is 23.8 Å². The summed E-state index contributed by atoms with van der Waals surface area (Å²) < 4.78 is 10.3. The van der Waals surface area contributed by atoms with Crippen molar-refractivity contribution < 1.29 is 14.3 Å². The third-order valence-electron chi connectivity index (χ3n) is 2.73. The summed E-state index contributed by atoms with van der Waals surface area (Å²) in [6, 6.07) is 5.45. The number of amides is 1. The highest BCUT2D eigenvalue weighted by atomic mass is 32.1. The van der Waals surface area contributed by atoms with Crippen LogP contribution in [0.3, 0.4) is 0 Å². The average Bonchev–Trinajstić information content (AvgIpc) is 2.43. The molecule has 104 valence electrons. The van der Waals surface area contributed by atoms with Crippen molar-refractivity contribution in [3.63, 3.8) is 0 Å². The minimum absolute atomic E-state index is 0.185. The molecule has 0 aliphatic rings. The molecule has 0 spiro atoms. The molecule has 0 radical (unpaired) electrons. The molecule has 5 nitrogen and oxygen atoms in total. The van der Waals surface area contributed by atoms with Gasteiger partial charge >= 0.3 is 0 Å². The van der Waals surface area contributed by atoms with Gasteiger partial charge in [-0.3, -0.25) is 4.79 Å². The van der Waals surface area contributed by atoms with Crippen LogP contribution in [0.2, 0.25) is 0 Å². The van der Waals surface area contributed by atoms with Crippen LogP contribution in [0.4, 0.5) is 0 Å². The number of nitrogens with one attached hydrogen (secondary N) is 1. The Morgan fingerprint density at radius 2 is 2.00 bits per heavy atom. The molecule has 1 unspecified atom stereocenters. The number of hydrogen-bond donors (Lipinski definition) is 2. The largest absolute Gasteiger partial charge is 0.493 e. The number of rotatable bonds is 6. The molecule has 1 rings (SSSR count). The summed E-state index contributed by atoms with van der Waals surface area (Å²) in [7, 11) is 3.14. The van der Waals surface area contributed by atoms with Gasteiger partial charge in [-0.15, -0.1) is 0 Å². The first-order valence-electron chi connectivity index (χ1n) is 5.77. The van der Waals surface area contributed by atoms with Crippen LogP contribution in [0.15, 0.2) is 18.2 Å². The molecular weight excluding hydrogens is 264 g/mol. The third-order valence-corrected chi connectivity index (χ3v) is 3.09. The molecule has 1 atom stereocenters. The highest BCUT2D eigenvalue weighted by Gasteiger charge is 2.15. The van der Waals surface area contributed by atoms with Crippen LogP contribution in [-0.4, -0.2) is 25.1 Å². The maximum absolute atomic E-state index is 11.7. The average molecular weight is 282 g/mol. The van der Waals surface area contributed by atoms with Crippen molar-refractivity contribution in [2.45, 2.75) is 13.5 Å². The lowest BCUT2D eigenvalue weighted by molar-refractivity contribution is -0.122.